The first-order valence-corrected chi connectivity index (χ1v) is 7.05. The average Bonchev–Trinajstić information content (AvgIpc) is 2.79. The van der Waals surface area contributed by atoms with Crippen LogP contribution in [-0.4, -0.2) is 24.3 Å². The molecular weight excluding hydrogens is 299 g/mol. The van der Waals surface area contributed by atoms with Crippen LogP contribution in [0.4, 0.5) is 15.8 Å². The fourth-order valence-corrected chi connectivity index (χ4v) is 2.94. The molecule has 0 spiro atoms. The van der Waals surface area contributed by atoms with E-state index in [0.717, 1.165) is 37.9 Å². The van der Waals surface area contributed by atoms with Crippen molar-refractivity contribution in [1.82, 2.24) is 0 Å². The summed E-state index contributed by atoms with van der Waals surface area (Å²) in [4.78, 5) is 2.17. The number of benzene rings is 1. The molecule has 1 saturated heterocycles. The summed E-state index contributed by atoms with van der Waals surface area (Å²) < 4.78 is 14.0. The number of rotatable bonds is 4. The van der Waals surface area contributed by atoms with E-state index in [4.69, 9.17) is 10.8 Å². The maximum Gasteiger partial charge on any atom is 0.139 e. The fraction of sp³-hybridized carbons (Fsp3) is 0.538. The molecule has 18 heavy (non-hydrogen) atoms. The highest BCUT2D eigenvalue weighted by molar-refractivity contribution is 9.10. The Balaban J connectivity index is 2.21. The van der Waals surface area contributed by atoms with Gasteiger partial charge in [-0.25, -0.2) is 4.39 Å². The van der Waals surface area contributed by atoms with Gasteiger partial charge in [-0.2, -0.15) is 0 Å². The van der Waals surface area contributed by atoms with Gasteiger partial charge in [0.1, 0.15) is 5.82 Å². The molecule has 100 valence electrons. The normalized spacial score (nSPS) is 19.5. The number of halogens is 2. The van der Waals surface area contributed by atoms with Crippen molar-refractivity contribution >= 4 is 27.3 Å². The molecule has 1 aromatic rings. The van der Waals surface area contributed by atoms with E-state index in [0.29, 0.717) is 16.2 Å². The maximum atomic E-state index is 13.6. The number of nitrogens with zero attached hydrogens (tertiary/aromatic N) is 1. The molecule has 3 nitrogen and oxygen atoms in total. The molecule has 1 aliphatic heterocycles. The summed E-state index contributed by atoms with van der Waals surface area (Å²) in [5.74, 6) is -0.285. The second kappa shape index (κ2) is 5.89. The molecule has 0 amide bonds. The van der Waals surface area contributed by atoms with Crippen molar-refractivity contribution in [3.8, 4) is 0 Å². The van der Waals surface area contributed by atoms with E-state index in [-0.39, 0.29) is 12.4 Å². The zero-order chi connectivity index (χ0) is 13.1. The van der Waals surface area contributed by atoms with E-state index in [1.807, 2.05) is 0 Å². The number of hydrogen-bond acceptors (Lipinski definition) is 3. The minimum atomic E-state index is -0.285. The van der Waals surface area contributed by atoms with Crippen LogP contribution in [0.3, 0.4) is 0 Å². The van der Waals surface area contributed by atoms with Crippen molar-refractivity contribution < 1.29 is 9.50 Å². The van der Waals surface area contributed by atoms with Crippen LogP contribution in [0.2, 0.25) is 0 Å². The first kappa shape index (κ1) is 13.6. The van der Waals surface area contributed by atoms with Gasteiger partial charge >= 0.3 is 0 Å². The Morgan fingerprint density at radius 3 is 3.00 bits per heavy atom. The molecule has 0 saturated carbocycles. The van der Waals surface area contributed by atoms with Crippen LogP contribution in [0.1, 0.15) is 25.7 Å². The van der Waals surface area contributed by atoms with Crippen LogP contribution in [0.5, 0.6) is 0 Å². The van der Waals surface area contributed by atoms with Crippen LogP contribution < -0.4 is 10.6 Å². The second-order valence-corrected chi connectivity index (χ2v) is 5.53. The molecule has 0 bridgehead atoms. The number of anilines is 2. The molecule has 0 aliphatic carbocycles. The van der Waals surface area contributed by atoms with Gasteiger partial charge in [0.05, 0.1) is 15.8 Å². The third-order valence-electron chi connectivity index (χ3n) is 3.45. The predicted molar refractivity (Wildman–Crippen MR) is 75.2 cm³/mol. The van der Waals surface area contributed by atoms with Gasteiger partial charge in [0.15, 0.2) is 0 Å². The zero-order valence-electron chi connectivity index (χ0n) is 10.2. The van der Waals surface area contributed by atoms with Gasteiger partial charge in [0, 0.05) is 25.3 Å². The Bertz CT molecular complexity index is 428. The predicted octanol–water partition coefficient (Wildman–Crippen LogP) is 2.91. The monoisotopic (exact) mass is 316 g/mol. The molecule has 3 N–H and O–H groups in total. The molecule has 5 heteroatoms. The Hall–Kier alpha value is -0.810. The van der Waals surface area contributed by atoms with E-state index in [2.05, 4.69) is 20.8 Å². The largest absolute Gasteiger partial charge is 0.397 e. The van der Waals surface area contributed by atoms with Gasteiger partial charge in [-0.05, 0) is 47.7 Å². The van der Waals surface area contributed by atoms with Crippen molar-refractivity contribution in [2.45, 2.75) is 31.7 Å². The van der Waals surface area contributed by atoms with E-state index in [1.54, 1.807) is 6.07 Å². The van der Waals surface area contributed by atoms with Gasteiger partial charge < -0.3 is 15.7 Å². The van der Waals surface area contributed by atoms with Crippen LogP contribution in [0, 0.1) is 5.82 Å². The summed E-state index contributed by atoms with van der Waals surface area (Å²) in [5.41, 5.74) is 7.34. The number of aliphatic hydroxyl groups excluding tert-OH is 1. The SMILES string of the molecule is Nc1cc(Br)c(F)cc1N1CCCC1CCCO. The van der Waals surface area contributed by atoms with Gasteiger partial charge in [-0.1, -0.05) is 0 Å². The van der Waals surface area contributed by atoms with Gasteiger partial charge in [-0.3, -0.25) is 0 Å². The molecular formula is C13H18BrFN2O. The zero-order valence-corrected chi connectivity index (χ0v) is 11.8. The van der Waals surface area contributed by atoms with Crippen molar-refractivity contribution in [3.05, 3.63) is 22.4 Å². The van der Waals surface area contributed by atoms with Crippen molar-refractivity contribution in [2.24, 2.45) is 0 Å². The van der Waals surface area contributed by atoms with Crippen molar-refractivity contribution in [3.63, 3.8) is 0 Å². The third-order valence-corrected chi connectivity index (χ3v) is 4.06. The molecule has 1 aromatic carbocycles. The summed E-state index contributed by atoms with van der Waals surface area (Å²) >= 11 is 3.14. The average molecular weight is 317 g/mol. The summed E-state index contributed by atoms with van der Waals surface area (Å²) in [7, 11) is 0. The Kier molecular flexibility index (Phi) is 4.45. The summed E-state index contributed by atoms with van der Waals surface area (Å²) in [6.45, 7) is 1.11. The van der Waals surface area contributed by atoms with E-state index >= 15 is 0 Å². The minimum absolute atomic E-state index is 0.203. The van der Waals surface area contributed by atoms with Crippen LogP contribution >= 0.6 is 15.9 Å². The molecule has 2 rings (SSSR count). The number of hydrogen-bond donors (Lipinski definition) is 2. The maximum absolute atomic E-state index is 13.6. The molecule has 1 unspecified atom stereocenters. The fourth-order valence-electron chi connectivity index (χ4n) is 2.58. The highest BCUT2D eigenvalue weighted by Crippen LogP contribution is 2.35. The standard InChI is InChI=1S/C13H18BrFN2O/c14-10-7-12(16)13(8-11(10)15)17-5-1-3-9(17)4-2-6-18/h7-9,18H,1-6,16H2. The summed E-state index contributed by atoms with van der Waals surface area (Å²) in [5, 5.41) is 8.91. The highest BCUT2D eigenvalue weighted by Gasteiger charge is 2.26. The van der Waals surface area contributed by atoms with Crippen molar-refractivity contribution in [2.75, 3.05) is 23.8 Å². The van der Waals surface area contributed by atoms with Gasteiger partial charge in [0.25, 0.3) is 0 Å². The first-order chi connectivity index (χ1) is 8.63. The van der Waals surface area contributed by atoms with Crippen LogP contribution in [0.15, 0.2) is 16.6 Å². The molecule has 1 aliphatic rings. The minimum Gasteiger partial charge on any atom is -0.397 e. The van der Waals surface area contributed by atoms with E-state index in [1.165, 1.54) is 6.07 Å². The van der Waals surface area contributed by atoms with Crippen LogP contribution in [-0.2, 0) is 0 Å². The molecule has 0 aromatic heterocycles. The highest BCUT2D eigenvalue weighted by atomic mass is 79.9. The molecule has 1 heterocycles. The first-order valence-electron chi connectivity index (χ1n) is 6.25. The van der Waals surface area contributed by atoms with E-state index in [9.17, 15) is 4.39 Å². The third kappa shape index (κ3) is 2.78. The van der Waals surface area contributed by atoms with Crippen LogP contribution in [0.25, 0.3) is 0 Å². The Labute approximate surface area is 115 Å². The Morgan fingerprint density at radius 2 is 2.28 bits per heavy atom. The molecule has 0 radical (unpaired) electrons. The quantitative estimate of drug-likeness (QED) is 0.840. The lowest BCUT2D eigenvalue weighted by Crippen LogP contribution is -2.30. The second-order valence-electron chi connectivity index (χ2n) is 4.68. The lowest BCUT2D eigenvalue weighted by molar-refractivity contribution is 0.279. The summed E-state index contributed by atoms with van der Waals surface area (Å²) in [6.07, 6.45) is 3.87. The smallest absolute Gasteiger partial charge is 0.139 e. The summed E-state index contributed by atoms with van der Waals surface area (Å²) in [6, 6.07) is 3.47. The number of nitrogens with two attached hydrogens (primary N) is 1. The number of nitrogen functional groups attached to an aromatic ring is 1. The molecule has 1 atom stereocenters. The lowest BCUT2D eigenvalue weighted by atomic mass is 10.1. The molecule has 1 fully saturated rings. The van der Waals surface area contributed by atoms with Gasteiger partial charge in [-0.15, -0.1) is 0 Å². The van der Waals surface area contributed by atoms with Crippen molar-refractivity contribution in [1.29, 1.82) is 0 Å². The van der Waals surface area contributed by atoms with Gasteiger partial charge in [0.2, 0.25) is 0 Å². The number of aliphatic hydroxyl groups is 1. The Morgan fingerprint density at radius 1 is 1.50 bits per heavy atom. The van der Waals surface area contributed by atoms with E-state index < -0.39 is 0 Å². The topological polar surface area (TPSA) is 49.5 Å². The lowest BCUT2D eigenvalue weighted by Gasteiger charge is -2.28.